The van der Waals surface area contributed by atoms with Gasteiger partial charge in [-0.2, -0.15) is 0 Å². The molecule has 2 aliphatic heterocycles. The molecule has 1 aliphatic carbocycles. The van der Waals surface area contributed by atoms with Gasteiger partial charge in [0.15, 0.2) is 0 Å². The molecule has 1 saturated heterocycles. The van der Waals surface area contributed by atoms with Crippen molar-refractivity contribution in [3.63, 3.8) is 0 Å². The number of carbonyl (C=O) groups excluding carboxylic acids is 1. The summed E-state index contributed by atoms with van der Waals surface area (Å²) in [5.41, 5.74) is 5.66. The van der Waals surface area contributed by atoms with Crippen LogP contribution in [0.2, 0.25) is 5.02 Å². The SMILES string of the molecule is CCc1c(Cl)cccc1Nc1c(-c2ccncc2OC[C@]2(C)CCO2)[nH]c2c1C(=O)NCC21CC1. The first-order chi connectivity index (χ1) is 16.9. The number of hydrogen-bond acceptors (Lipinski definition) is 5. The Morgan fingerprint density at radius 3 is 2.80 bits per heavy atom. The largest absolute Gasteiger partial charge is 0.488 e. The minimum Gasteiger partial charge on any atom is -0.488 e. The number of nitrogens with one attached hydrogen (secondary N) is 3. The smallest absolute Gasteiger partial charge is 0.255 e. The van der Waals surface area contributed by atoms with Gasteiger partial charge in [0.2, 0.25) is 0 Å². The summed E-state index contributed by atoms with van der Waals surface area (Å²) in [6.07, 6.45) is 7.30. The second-order valence-corrected chi connectivity index (χ2v) is 10.4. The lowest BCUT2D eigenvalue weighted by atomic mass is 9.93. The summed E-state index contributed by atoms with van der Waals surface area (Å²) in [4.78, 5) is 21.2. The van der Waals surface area contributed by atoms with Gasteiger partial charge in [0.1, 0.15) is 18.0 Å². The topological polar surface area (TPSA) is 88.3 Å². The average molecular weight is 493 g/mol. The fourth-order valence-corrected chi connectivity index (χ4v) is 5.43. The maximum atomic E-state index is 13.2. The fraction of sp³-hybridized carbons (Fsp3) is 0.407. The van der Waals surface area contributed by atoms with Crippen LogP contribution in [-0.4, -0.2) is 41.2 Å². The average Bonchev–Trinajstić information content (AvgIpc) is 3.52. The number of ether oxygens (including phenoxy) is 2. The normalized spacial score (nSPS) is 21.7. The number of fused-ring (bicyclic) bond motifs is 2. The van der Waals surface area contributed by atoms with Crippen LogP contribution in [-0.2, 0) is 16.6 Å². The highest BCUT2D eigenvalue weighted by molar-refractivity contribution is 6.31. The van der Waals surface area contributed by atoms with Crippen molar-refractivity contribution in [3.8, 4) is 17.0 Å². The molecule has 8 heteroatoms. The molecule has 3 aliphatic rings. The van der Waals surface area contributed by atoms with E-state index < -0.39 is 0 Å². The highest BCUT2D eigenvalue weighted by atomic mass is 35.5. The van der Waals surface area contributed by atoms with Crippen molar-refractivity contribution in [2.75, 3.05) is 25.1 Å². The highest BCUT2D eigenvalue weighted by Crippen LogP contribution is 2.54. The number of H-pyrrole nitrogens is 1. The quantitative estimate of drug-likeness (QED) is 0.412. The molecular weight excluding hydrogens is 464 g/mol. The van der Waals surface area contributed by atoms with E-state index in [1.807, 2.05) is 24.3 Å². The van der Waals surface area contributed by atoms with Crippen LogP contribution in [0.5, 0.6) is 5.75 Å². The molecule has 4 heterocycles. The highest BCUT2D eigenvalue weighted by Gasteiger charge is 2.51. The number of pyridine rings is 1. The third-order valence-corrected chi connectivity index (χ3v) is 7.95. The molecule has 182 valence electrons. The number of hydrogen-bond donors (Lipinski definition) is 3. The van der Waals surface area contributed by atoms with Crippen LogP contribution in [0, 0.1) is 0 Å². The van der Waals surface area contributed by atoms with Crippen LogP contribution in [0.15, 0.2) is 36.7 Å². The first kappa shape index (κ1) is 22.4. The van der Waals surface area contributed by atoms with Gasteiger partial charge in [-0.1, -0.05) is 24.6 Å². The Balaban J connectivity index is 1.48. The zero-order valence-electron chi connectivity index (χ0n) is 20.0. The van der Waals surface area contributed by atoms with E-state index in [-0.39, 0.29) is 16.9 Å². The van der Waals surface area contributed by atoms with Gasteiger partial charge in [0.05, 0.1) is 29.7 Å². The minimum absolute atomic E-state index is 0.0266. The number of rotatable bonds is 7. The third-order valence-electron chi connectivity index (χ3n) is 7.60. The summed E-state index contributed by atoms with van der Waals surface area (Å²) in [5, 5.41) is 7.39. The molecule has 1 saturated carbocycles. The van der Waals surface area contributed by atoms with Crippen LogP contribution in [0.1, 0.15) is 54.7 Å². The zero-order chi connectivity index (χ0) is 24.2. The molecule has 2 aromatic heterocycles. The number of halogens is 1. The van der Waals surface area contributed by atoms with Gasteiger partial charge in [-0.05, 0) is 49.9 Å². The van der Waals surface area contributed by atoms with E-state index in [4.69, 9.17) is 21.1 Å². The fourth-order valence-electron chi connectivity index (χ4n) is 5.12. The Morgan fingerprint density at radius 1 is 1.26 bits per heavy atom. The summed E-state index contributed by atoms with van der Waals surface area (Å²) >= 11 is 6.52. The monoisotopic (exact) mass is 492 g/mol. The number of aromatic nitrogens is 2. The Morgan fingerprint density at radius 2 is 2.09 bits per heavy atom. The molecular formula is C27H29ClN4O3. The minimum atomic E-state index is -0.280. The Bertz CT molecular complexity index is 1310. The van der Waals surface area contributed by atoms with Crippen molar-refractivity contribution in [2.24, 2.45) is 0 Å². The van der Waals surface area contributed by atoms with E-state index in [1.54, 1.807) is 12.4 Å². The lowest BCUT2D eigenvalue weighted by Gasteiger charge is -2.38. The van der Waals surface area contributed by atoms with E-state index >= 15 is 0 Å². The molecule has 7 nitrogen and oxygen atoms in total. The lowest BCUT2D eigenvalue weighted by molar-refractivity contribution is -0.152. The molecule has 6 rings (SSSR count). The summed E-state index contributed by atoms with van der Waals surface area (Å²) < 4.78 is 11.9. The summed E-state index contributed by atoms with van der Waals surface area (Å²) in [5.74, 6) is 0.576. The standard InChI is InChI=1S/C27H29ClN4O3/c1-3-16-18(28)5-4-6-19(16)31-23-21-24(27(8-9-27)14-30-25(21)33)32-22(23)17-7-11-29-13-20(17)34-15-26(2)10-12-35-26/h4-7,11,13,31-32H,3,8-10,12,14-15H2,1-2H3,(H,30,33)/t26-/m0/s1. The number of amides is 1. The number of carbonyl (C=O) groups is 1. The zero-order valence-corrected chi connectivity index (χ0v) is 20.7. The number of benzene rings is 1. The molecule has 1 aromatic carbocycles. The van der Waals surface area contributed by atoms with Crippen molar-refractivity contribution in [1.82, 2.24) is 15.3 Å². The Kier molecular flexibility index (Phi) is 5.31. The summed E-state index contributed by atoms with van der Waals surface area (Å²) in [6, 6.07) is 7.74. The van der Waals surface area contributed by atoms with Crippen molar-refractivity contribution < 1.29 is 14.3 Å². The van der Waals surface area contributed by atoms with Crippen molar-refractivity contribution in [2.45, 2.75) is 50.5 Å². The number of nitrogens with zero attached hydrogens (tertiary/aromatic N) is 1. The van der Waals surface area contributed by atoms with E-state index in [0.29, 0.717) is 29.5 Å². The van der Waals surface area contributed by atoms with E-state index in [0.717, 1.165) is 66.2 Å². The van der Waals surface area contributed by atoms with Crippen molar-refractivity contribution >= 4 is 28.9 Å². The molecule has 3 N–H and O–H groups in total. The van der Waals surface area contributed by atoms with Crippen molar-refractivity contribution in [3.05, 3.63) is 58.5 Å². The van der Waals surface area contributed by atoms with E-state index in [2.05, 4.69) is 34.4 Å². The van der Waals surface area contributed by atoms with Crippen LogP contribution in [0.25, 0.3) is 11.3 Å². The Labute approximate surface area is 209 Å². The molecule has 0 unspecified atom stereocenters. The van der Waals surface area contributed by atoms with Gasteiger partial charge in [-0.15, -0.1) is 0 Å². The molecule has 1 atom stereocenters. The maximum absolute atomic E-state index is 13.2. The molecule has 1 amide bonds. The number of aromatic amines is 1. The van der Waals surface area contributed by atoms with Crippen LogP contribution in [0.4, 0.5) is 11.4 Å². The van der Waals surface area contributed by atoms with Gasteiger partial charge in [-0.3, -0.25) is 9.78 Å². The van der Waals surface area contributed by atoms with Gasteiger partial charge in [0.25, 0.3) is 5.91 Å². The Hall–Kier alpha value is -3.03. The summed E-state index contributed by atoms with van der Waals surface area (Å²) in [7, 11) is 0. The first-order valence-electron chi connectivity index (χ1n) is 12.2. The van der Waals surface area contributed by atoms with Crippen LogP contribution >= 0.6 is 11.6 Å². The second-order valence-electron chi connectivity index (χ2n) is 10.0. The van der Waals surface area contributed by atoms with Crippen LogP contribution in [0.3, 0.4) is 0 Å². The van der Waals surface area contributed by atoms with Gasteiger partial charge >= 0.3 is 0 Å². The second kappa shape index (κ2) is 8.28. The third kappa shape index (κ3) is 3.78. The van der Waals surface area contributed by atoms with E-state index in [9.17, 15) is 4.79 Å². The van der Waals surface area contributed by atoms with Crippen molar-refractivity contribution in [1.29, 1.82) is 0 Å². The maximum Gasteiger partial charge on any atom is 0.255 e. The predicted molar refractivity (Wildman–Crippen MR) is 136 cm³/mol. The summed E-state index contributed by atoms with van der Waals surface area (Å²) in [6.45, 7) is 5.98. The van der Waals surface area contributed by atoms with Gasteiger partial charge in [0, 0.05) is 46.5 Å². The predicted octanol–water partition coefficient (Wildman–Crippen LogP) is 5.37. The first-order valence-corrected chi connectivity index (χ1v) is 12.6. The van der Waals surface area contributed by atoms with Crippen LogP contribution < -0.4 is 15.4 Å². The molecule has 0 bridgehead atoms. The van der Waals surface area contributed by atoms with Gasteiger partial charge < -0.3 is 25.1 Å². The molecule has 2 fully saturated rings. The van der Waals surface area contributed by atoms with E-state index in [1.165, 1.54) is 0 Å². The van der Waals surface area contributed by atoms with Gasteiger partial charge in [-0.25, -0.2) is 0 Å². The number of anilines is 2. The molecule has 0 radical (unpaired) electrons. The molecule has 35 heavy (non-hydrogen) atoms. The lowest BCUT2D eigenvalue weighted by Crippen LogP contribution is -2.45. The molecule has 3 aromatic rings. The molecule has 1 spiro atoms.